The molecule has 5 heteroatoms. The molecule has 1 aliphatic heterocycles. The Hall–Kier alpha value is -2.66. The molecule has 0 saturated carbocycles. The molecular weight excluding hydrogens is 379 g/mol. The summed E-state index contributed by atoms with van der Waals surface area (Å²) in [4.78, 5) is 17.1. The highest BCUT2D eigenvalue weighted by Gasteiger charge is 2.32. The first kappa shape index (κ1) is 22.0. The van der Waals surface area contributed by atoms with Crippen molar-refractivity contribution in [2.24, 2.45) is 0 Å². The summed E-state index contributed by atoms with van der Waals surface area (Å²) in [6, 6.07) is 13.0. The number of nitrogens with zero attached hydrogens (tertiary/aromatic N) is 2. The van der Waals surface area contributed by atoms with Gasteiger partial charge in [0, 0.05) is 31.7 Å². The number of ether oxygens (including phenoxy) is 1. The Balaban J connectivity index is 1.59. The molecule has 0 spiro atoms. The van der Waals surface area contributed by atoms with Crippen molar-refractivity contribution in [3.8, 4) is 5.75 Å². The van der Waals surface area contributed by atoms with Crippen molar-refractivity contribution < 1.29 is 13.9 Å². The first-order chi connectivity index (χ1) is 14.4. The predicted octanol–water partition coefficient (Wildman–Crippen LogP) is 4.67. The number of aryl methyl sites for hydroxylation is 1. The number of halogens is 1. The summed E-state index contributed by atoms with van der Waals surface area (Å²) in [5.74, 6) is 0.521. The number of piperazine rings is 1. The molecule has 1 amide bonds. The second kappa shape index (κ2) is 9.90. The van der Waals surface area contributed by atoms with Gasteiger partial charge in [-0.15, -0.1) is 0 Å². The first-order valence-electron chi connectivity index (χ1n) is 10.5. The van der Waals surface area contributed by atoms with Gasteiger partial charge in [0.15, 0.2) is 6.61 Å². The Labute approximate surface area is 178 Å². The highest BCUT2D eigenvalue weighted by molar-refractivity contribution is 5.78. The lowest BCUT2D eigenvalue weighted by Gasteiger charge is -2.44. The van der Waals surface area contributed by atoms with Crippen LogP contribution >= 0.6 is 0 Å². The van der Waals surface area contributed by atoms with Crippen LogP contribution in [0.1, 0.15) is 37.5 Å². The minimum Gasteiger partial charge on any atom is -0.483 e. The van der Waals surface area contributed by atoms with E-state index < -0.39 is 0 Å². The van der Waals surface area contributed by atoms with Crippen LogP contribution in [0.5, 0.6) is 5.75 Å². The van der Waals surface area contributed by atoms with Crippen LogP contribution in [0, 0.1) is 12.7 Å². The Bertz CT molecular complexity index is 912. The lowest BCUT2D eigenvalue weighted by molar-refractivity contribution is -0.139. The fraction of sp³-hybridized carbons (Fsp3) is 0.400. The fourth-order valence-electron chi connectivity index (χ4n) is 3.93. The van der Waals surface area contributed by atoms with Crippen LogP contribution in [0.15, 0.2) is 48.5 Å². The van der Waals surface area contributed by atoms with E-state index in [9.17, 15) is 9.18 Å². The van der Waals surface area contributed by atoms with Crippen molar-refractivity contribution in [2.45, 2.75) is 46.3 Å². The third-order valence-corrected chi connectivity index (χ3v) is 5.63. The maximum absolute atomic E-state index is 13.5. The van der Waals surface area contributed by atoms with Gasteiger partial charge in [0.1, 0.15) is 11.6 Å². The van der Waals surface area contributed by atoms with Gasteiger partial charge >= 0.3 is 0 Å². The smallest absolute Gasteiger partial charge is 0.260 e. The molecule has 2 atom stereocenters. The molecule has 1 saturated heterocycles. The highest BCUT2D eigenvalue weighted by atomic mass is 19.1. The molecule has 0 aromatic heterocycles. The quantitative estimate of drug-likeness (QED) is 0.694. The van der Waals surface area contributed by atoms with Crippen LogP contribution in [-0.2, 0) is 11.3 Å². The van der Waals surface area contributed by atoms with Gasteiger partial charge in [-0.3, -0.25) is 9.69 Å². The lowest BCUT2D eigenvalue weighted by Crippen LogP contribution is -2.58. The van der Waals surface area contributed by atoms with E-state index in [0.29, 0.717) is 13.1 Å². The number of carbonyl (C=O) groups excluding carboxylic acids is 1. The van der Waals surface area contributed by atoms with E-state index in [1.54, 1.807) is 12.1 Å². The van der Waals surface area contributed by atoms with Crippen molar-refractivity contribution in [1.82, 2.24) is 9.80 Å². The summed E-state index contributed by atoms with van der Waals surface area (Å²) in [7, 11) is 0. The summed E-state index contributed by atoms with van der Waals surface area (Å²) >= 11 is 0. The Morgan fingerprint density at radius 1 is 1.17 bits per heavy atom. The van der Waals surface area contributed by atoms with Gasteiger partial charge in [0.25, 0.3) is 5.91 Å². The molecule has 2 aromatic carbocycles. The van der Waals surface area contributed by atoms with Gasteiger partial charge < -0.3 is 9.64 Å². The third-order valence-electron chi connectivity index (χ3n) is 5.63. The molecular formula is C25H31FN2O2. The summed E-state index contributed by atoms with van der Waals surface area (Å²) < 4.78 is 19.4. The maximum atomic E-state index is 13.5. The molecule has 1 heterocycles. The second-order valence-electron chi connectivity index (χ2n) is 8.12. The van der Waals surface area contributed by atoms with E-state index in [-0.39, 0.29) is 30.4 Å². The van der Waals surface area contributed by atoms with Crippen LogP contribution in [0.25, 0.3) is 6.08 Å². The van der Waals surface area contributed by atoms with Crippen LogP contribution in [-0.4, -0.2) is 47.5 Å². The van der Waals surface area contributed by atoms with Crippen LogP contribution in [0.3, 0.4) is 0 Å². The van der Waals surface area contributed by atoms with Gasteiger partial charge in [0.2, 0.25) is 0 Å². The van der Waals surface area contributed by atoms with Crippen molar-refractivity contribution >= 4 is 12.0 Å². The number of hydrogen-bond acceptors (Lipinski definition) is 3. The summed E-state index contributed by atoms with van der Waals surface area (Å²) in [5.41, 5.74) is 3.02. The van der Waals surface area contributed by atoms with E-state index in [2.05, 4.69) is 18.7 Å². The monoisotopic (exact) mass is 410 g/mol. The maximum Gasteiger partial charge on any atom is 0.260 e. The number of benzene rings is 2. The zero-order valence-corrected chi connectivity index (χ0v) is 18.3. The normalized spacial score (nSPS) is 20.0. The summed E-state index contributed by atoms with van der Waals surface area (Å²) in [6.07, 6.45) is 3.99. The van der Waals surface area contributed by atoms with E-state index in [4.69, 9.17) is 4.74 Å². The molecule has 30 heavy (non-hydrogen) atoms. The summed E-state index contributed by atoms with van der Waals surface area (Å²) in [5, 5.41) is 0. The Kier molecular flexibility index (Phi) is 7.27. The molecule has 0 bridgehead atoms. The molecule has 2 unspecified atom stereocenters. The lowest BCUT2D eigenvalue weighted by atomic mass is 10.1. The van der Waals surface area contributed by atoms with Crippen LogP contribution in [0.2, 0.25) is 0 Å². The fourth-order valence-corrected chi connectivity index (χ4v) is 3.93. The average Bonchev–Trinajstić information content (AvgIpc) is 2.71. The molecule has 4 nitrogen and oxygen atoms in total. The van der Waals surface area contributed by atoms with Gasteiger partial charge in [-0.25, -0.2) is 4.39 Å². The Morgan fingerprint density at radius 2 is 1.97 bits per heavy atom. The molecule has 1 fully saturated rings. The molecule has 0 aliphatic carbocycles. The standard InChI is InChI=1S/C25H31FN2O2/c1-5-7-21-11-10-18(2)24(13-21)30-17-25(29)28-15-19(3)27(14-20(28)4)16-22-8-6-9-23(26)12-22/h5-13,19-20H,14-17H2,1-4H3. The van der Waals surface area contributed by atoms with Crippen LogP contribution in [0.4, 0.5) is 4.39 Å². The number of allylic oxidation sites excluding steroid dienone is 1. The highest BCUT2D eigenvalue weighted by Crippen LogP contribution is 2.22. The van der Waals surface area contributed by atoms with Gasteiger partial charge in [-0.2, -0.15) is 0 Å². The molecule has 2 aromatic rings. The van der Waals surface area contributed by atoms with Gasteiger partial charge in [-0.1, -0.05) is 36.4 Å². The predicted molar refractivity (Wildman–Crippen MR) is 119 cm³/mol. The molecule has 160 valence electrons. The van der Waals surface area contributed by atoms with Crippen molar-refractivity contribution in [2.75, 3.05) is 19.7 Å². The van der Waals surface area contributed by atoms with E-state index in [1.807, 2.05) is 55.2 Å². The Morgan fingerprint density at radius 3 is 2.70 bits per heavy atom. The second-order valence-corrected chi connectivity index (χ2v) is 8.12. The molecule has 3 rings (SSSR count). The average molecular weight is 411 g/mol. The SMILES string of the molecule is CC=Cc1ccc(C)c(OCC(=O)N2CC(C)N(Cc3cccc(F)c3)CC2C)c1. The third kappa shape index (κ3) is 5.48. The van der Waals surface area contributed by atoms with E-state index in [1.165, 1.54) is 6.07 Å². The van der Waals surface area contributed by atoms with Crippen molar-refractivity contribution in [3.05, 3.63) is 71.0 Å². The molecule has 1 aliphatic rings. The topological polar surface area (TPSA) is 32.8 Å². The van der Waals surface area contributed by atoms with E-state index >= 15 is 0 Å². The van der Waals surface area contributed by atoms with Crippen molar-refractivity contribution in [1.29, 1.82) is 0 Å². The molecule has 0 N–H and O–H groups in total. The zero-order valence-electron chi connectivity index (χ0n) is 18.3. The number of hydrogen-bond donors (Lipinski definition) is 0. The van der Waals surface area contributed by atoms with E-state index in [0.717, 1.165) is 29.0 Å². The number of amides is 1. The zero-order chi connectivity index (χ0) is 21.7. The van der Waals surface area contributed by atoms with Crippen molar-refractivity contribution in [3.63, 3.8) is 0 Å². The van der Waals surface area contributed by atoms with Gasteiger partial charge in [0.05, 0.1) is 0 Å². The molecule has 0 radical (unpaired) electrons. The number of carbonyl (C=O) groups is 1. The summed E-state index contributed by atoms with van der Waals surface area (Å²) in [6.45, 7) is 10.2. The first-order valence-corrected chi connectivity index (χ1v) is 10.5. The van der Waals surface area contributed by atoms with Crippen LogP contribution < -0.4 is 4.74 Å². The minimum atomic E-state index is -0.215. The largest absolute Gasteiger partial charge is 0.483 e. The minimum absolute atomic E-state index is 0.00408. The number of rotatable bonds is 6. The van der Waals surface area contributed by atoms with Gasteiger partial charge in [-0.05, 0) is 62.6 Å².